The first-order valence-corrected chi connectivity index (χ1v) is 9.37. The Morgan fingerprint density at radius 1 is 1.14 bits per heavy atom. The van der Waals surface area contributed by atoms with Gasteiger partial charge in [0.05, 0.1) is 12.7 Å². The third-order valence-electron chi connectivity index (χ3n) is 6.44. The Morgan fingerprint density at radius 3 is 2.86 bits per heavy atom. The van der Waals surface area contributed by atoms with Gasteiger partial charge in [-0.1, -0.05) is 32.6 Å². The number of fused-ring (bicyclic) bond motifs is 1. The van der Waals surface area contributed by atoms with Gasteiger partial charge in [-0.2, -0.15) is 0 Å². The van der Waals surface area contributed by atoms with Gasteiger partial charge in [0.2, 0.25) is 0 Å². The lowest BCUT2D eigenvalue weighted by atomic mass is 9.85. The van der Waals surface area contributed by atoms with Gasteiger partial charge in [0.15, 0.2) is 0 Å². The molecule has 3 rings (SSSR count). The Labute approximate surface area is 130 Å². The maximum Gasteiger partial charge on any atom is 0.0731 e. The van der Waals surface area contributed by atoms with E-state index >= 15 is 0 Å². The molecule has 0 bridgehead atoms. The number of hydrogen-bond acceptors (Lipinski definition) is 3. The molecule has 1 saturated heterocycles. The average molecular weight is 294 g/mol. The Bertz CT molecular complexity index is 335. The van der Waals surface area contributed by atoms with E-state index in [1.807, 2.05) is 0 Å². The van der Waals surface area contributed by atoms with Crippen molar-refractivity contribution in [3.05, 3.63) is 0 Å². The van der Waals surface area contributed by atoms with Gasteiger partial charge in [0.1, 0.15) is 0 Å². The molecule has 0 spiro atoms. The van der Waals surface area contributed by atoms with Crippen molar-refractivity contribution in [2.45, 2.75) is 88.8 Å². The lowest BCUT2D eigenvalue weighted by Crippen LogP contribution is -2.62. The maximum absolute atomic E-state index is 6.36. The summed E-state index contributed by atoms with van der Waals surface area (Å²) >= 11 is 0. The highest BCUT2D eigenvalue weighted by Gasteiger charge is 2.46. The summed E-state index contributed by atoms with van der Waals surface area (Å²) in [5, 5.41) is 0. The third kappa shape index (κ3) is 3.16. The predicted octanol–water partition coefficient (Wildman–Crippen LogP) is 3.32. The van der Waals surface area contributed by atoms with Crippen molar-refractivity contribution < 1.29 is 4.74 Å². The topological polar surface area (TPSA) is 38.5 Å². The molecule has 3 nitrogen and oxygen atoms in total. The molecule has 1 heterocycles. The smallest absolute Gasteiger partial charge is 0.0731 e. The van der Waals surface area contributed by atoms with Crippen molar-refractivity contribution in [1.29, 1.82) is 0 Å². The summed E-state index contributed by atoms with van der Waals surface area (Å²) in [6, 6.07) is 0.657. The van der Waals surface area contributed by atoms with Crippen LogP contribution in [0.5, 0.6) is 0 Å². The minimum Gasteiger partial charge on any atom is -0.375 e. The van der Waals surface area contributed by atoms with Crippen molar-refractivity contribution in [2.75, 3.05) is 19.7 Å². The van der Waals surface area contributed by atoms with Gasteiger partial charge in [0.25, 0.3) is 0 Å². The number of ether oxygens (including phenoxy) is 1. The van der Waals surface area contributed by atoms with Crippen LogP contribution in [-0.2, 0) is 4.74 Å². The Morgan fingerprint density at radius 2 is 2.05 bits per heavy atom. The maximum atomic E-state index is 6.36. The lowest BCUT2D eigenvalue weighted by Gasteiger charge is -2.50. The van der Waals surface area contributed by atoms with Crippen LogP contribution in [0.4, 0.5) is 0 Å². The number of nitrogens with two attached hydrogens (primary N) is 1. The molecule has 0 aromatic rings. The highest BCUT2D eigenvalue weighted by molar-refractivity contribution is 5.01. The van der Waals surface area contributed by atoms with Gasteiger partial charge < -0.3 is 10.5 Å². The number of morpholine rings is 1. The average Bonchev–Trinajstić information content (AvgIpc) is 2.89. The molecule has 2 N–H and O–H groups in total. The van der Waals surface area contributed by atoms with E-state index in [-0.39, 0.29) is 5.54 Å². The molecule has 0 aromatic carbocycles. The van der Waals surface area contributed by atoms with Crippen LogP contribution in [-0.4, -0.2) is 42.3 Å². The van der Waals surface area contributed by atoms with Crippen molar-refractivity contribution >= 4 is 0 Å². The fraction of sp³-hybridized carbons (Fsp3) is 1.00. The molecule has 0 aromatic heterocycles. The van der Waals surface area contributed by atoms with Gasteiger partial charge in [-0.25, -0.2) is 0 Å². The van der Waals surface area contributed by atoms with E-state index in [1.165, 1.54) is 64.2 Å². The summed E-state index contributed by atoms with van der Waals surface area (Å²) in [6.45, 7) is 5.19. The van der Waals surface area contributed by atoms with E-state index < -0.39 is 0 Å². The molecule has 2 saturated carbocycles. The predicted molar refractivity (Wildman–Crippen MR) is 87.4 cm³/mol. The van der Waals surface area contributed by atoms with Crippen LogP contribution in [0.25, 0.3) is 0 Å². The first kappa shape index (κ1) is 15.8. The molecular weight excluding hydrogens is 260 g/mol. The van der Waals surface area contributed by atoms with Gasteiger partial charge in [-0.3, -0.25) is 4.90 Å². The summed E-state index contributed by atoms with van der Waals surface area (Å²) in [6.07, 6.45) is 14.0. The first-order valence-electron chi connectivity index (χ1n) is 9.37. The summed E-state index contributed by atoms with van der Waals surface area (Å²) in [5.41, 5.74) is 6.64. The van der Waals surface area contributed by atoms with Crippen molar-refractivity contribution in [3.8, 4) is 0 Å². The minimum absolute atomic E-state index is 0.277. The van der Waals surface area contributed by atoms with Gasteiger partial charge in [-0.15, -0.1) is 0 Å². The Balaban J connectivity index is 1.73. The van der Waals surface area contributed by atoms with E-state index in [0.717, 1.165) is 25.6 Å². The van der Waals surface area contributed by atoms with E-state index in [1.54, 1.807) is 0 Å². The van der Waals surface area contributed by atoms with Crippen molar-refractivity contribution in [2.24, 2.45) is 11.7 Å². The van der Waals surface area contributed by atoms with Gasteiger partial charge in [0, 0.05) is 24.7 Å². The minimum atomic E-state index is 0.277. The largest absolute Gasteiger partial charge is 0.375 e. The van der Waals surface area contributed by atoms with Crippen LogP contribution in [0.2, 0.25) is 0 Å². The molecule has 3 fully saturated rings. The lowest BCUT2D eigenvalue weighted by molar-refractivity contribution is -0.101. The quantitative estimate of drug-likeness (QED) is 0.808. The van der Waals surface area contributed by atoms with Crippen molar-refractivity contribution in [3.63, 3.8) is 0 Å². The van der Waals surface area contributed by atoms with Gasteiger partial charge in [-0.05, 0) is 44.4 Å². The molecule has 0 radical (unpaired) electrons. The van der Waals surface area contributed by atoms with E-state index in [0.29, 0.717) is 12.1 Å². The molecule has 2 aliphatic carbocycles. The second kappa shape index (κ2) is 6.97. The number of rotatable bonds is 4. The van der Waals surface area contributed by atoms with Gasteiger partial charge >= 0.3 is 0 Å². The second-order valence-electron chi connectivity index (χ2n) is 7.61. The summed E-state index contributed by atoms with van der Waals surface area (Å²) in [7, 11) is 0. The standard InChI is InChI=1S/C18H34N2O/c1-2-5-15-6-4-10-18(14-19,11-9-15)20-12-13-21-17-8-3-7-16(17)20/h15-17H,2-14,19H2,1H3. The second-order valence-corrected chi connectivity index (χ2v) is 7.61. The molecule has 4 unspecified atom stereocenters. The zero-order chi connectivity index (χ0) is 14.7. The summed E-state index contributed by atoms with van der Waals surface area (Å²) in [4.78, 5) is 2.81. The SMILES string of the molecule is CCCC1CCCC(CN)(N2CCOC3CCCC32)CC1. The Hall–Kier alpha value is -0.120. The van der Waals surface area contributed by atoms with E-state index in [4.69, 9.17) is 10.5 Å². The summed E-state index contributed by atoms with van der Waals surface area (Å²) < 4.78 is 6.02. The van der Waals surface area contributed by atoms with Crippen LogP contribution in [0.3, 0.4) is 0 Å². The number of nitrogens with zero attached hydrogens (tertiary/aromatic N) is 1. The normalized spacial score (nSPS) is 41.7. The molecule has 1 aliphatic heterocycles. The molecular formula is C18H34N2O. The van der Waals surface area contributed by atoms with E-state index in [9.17, 15) is 0 Å². The highest BCUT2D eigenvalue weighted by atomic mass is 16.5. The molecule has 3 aliphatic rings. The highest BCUT2D eigenvalue weighted by Crippen LogP contribution is 2.41. The molecule has 21 heavy (non-hydrogen) atoms. The monoisotopic (exact) mass is 294 g/mol. The zero-order valence-corrected chi connectivity index (χ0v) is 13.9. The Kier molecular flexibility index (Phi) is 5.23. The molecule has 122 valence electrons. The van der Waals surface area contributed by atoms with Crippen molar-refractivity contribution in [1.82, 2.24) is 4.90 Å². The van der Waals surface area contributed by atoms with Crippen LogP contribution in [0.1, 0.15) is 71.1 Å². The molecule has 4 atom stereocenters. The summed E-state index contributed by atoms with van der Waals surface area (Å²) in [5.74, 6) is 0.948. The third-order valence-corrected chi connectivity index (χ3v) is 6.44. The first-order chi connectivity index (χ1) is 10.3. The molecule has 3 heteroatoms. The van der Waals surface area contributed by atoms with Crippen LogP contribution < -0.4 is 5.73 Å². The fourth-order valence-corrected chi connectivity index (χ4v) is 5.28. The van der Waals surface area contributed by atoms with E-state index in [2.05, 4.69) is 11.8 Å². The van der Waals surface area contributed by atoms with Crippen LogP contribution in [0, 0.1) is 5.92 Å². The number of hydrogen-bond donors (Lipinski definition) is 1. The zero-order valence-electron chi connectivity index (χ0n) is 13.9. The van der Waals surface area contributed by atoms with Crippen LogP contribution >= 0.6 is 0 Å². The molecule has 0 amide bonds. The fourth-order valence-electron chi connectivity index (χ4n) is 5.28. The van der Waals surface area contributed by atoms with Crippen LogP contribution in [0.15, 0.2) is 0 Å².